The molecule has 1 aliphatic heterocycles. The van der Waals surface area contributed by atoms with Crippen molar-refractivity contribution >= 4 is 17.7 Å². The standard InChI is InChI=1S/C15H20N2OS/c1-17-8-7-14(15(17)18)19-13-4-2-3-11(9-13)10-16-12-5-6-12/h2-4,9,12,14,16H,5-8,10H2,1H3. The minimum Gasteiger partial charge on any atom is -0.345 e. The fourth-order valence-corrected chi connectivity index (χ4v) is 3.55. The maximum absolute atomic E-state index is 11.9. The van der Waals surface area contributed by atoms with Crippen molar-refractivity contribution in [3.05, 3.63) is 29.8 Å². The molecule has 1 saturated carbocycles. The van der Waals surface area contributed by atoms with Crippen molar-refractivity contribution in [2.24, 2.45) is 0 Å². The van der Waals surface area contributed by atoms with Gasteiger partial charge in [-0.05, 0) is 37.0 Å². The summed E-state index contributed by atoms with van der Waals surface area (Å²) in [6.07, 6.45) is 3.60. The summed E-state index contributed by atoms with van der Waals surface area (Å²) < 4.78 is 0. The second-order valence-electron chi connectivity index (χ2n) is 5.46. The van der Waals surface area contributed by atoms with Crippen LogP contribution in [0, 0.1) is 0 Å². The average molecular weight is 276 g/mol. The Hall–Kier alpha value is -1.00. The molecule has 4 heteroatoms. The first-order chi connectivity index (χ1) is 9.22. The number of benzene rings is 1. The van der Waals surface area contributed by atoms with E-state index >= 15 is 0 Å². The topological polar surface area (TPSA) is 32.3 Å². The Morgan fingerprint density at radius 3 is 2.89 bits per heavy atom. The van der Waals surface area contributed by atoms with Crippen molar-refractivity contribution in [3.8, 4) is 0 Å². The van der Waals surface area contributed by atoms with Crippen LogP contribution in [0.4, 0.5) is 0 Å². The summed E-state index contributed by atoms with van der Waals surface area (Å²) in [5.74, 6) is 0.270. The van der Waals surface area contributed by atoms with Gasteiger partial charge < -0.3 is 10.2 Å². The molecule has 3 rings (SSSR count). The summed E-state index contributed by atoms with van der Waals surface area (Å²) in [7, 11) is 1.89. The van der Waals surface area contributed by atoms with Crippen LogP contribution in [0.15, 0.2) is 29.2 Å². The predicted octanol–water partition coefficient (Wildman–Crippen LogP) is 2.26. The number of amides is 1. The summed E-state index contributed by atoms with van der Waals surface area (Å²) >= 11 is 1.71. The third-order valence-electron chi connectivity index (χ3n) is 3.73. The Morgan fingerprint density at radius 2 is 2.21 bits per heavy atom. The van der Waals surface area contributed by atoms with E-state index in [0.717, 1.165) is 25.6 Å². The van der Waals surface area contributed by atoms with Gasteiger partial charge in [0.1, 0.15) is 0 Å². The number of carbonyl (C=O) groups is 1. The first kappa shape index (κ1) is 13.0. The van der Waals surface area contributed by atoms with E-state index in [1.165, 1.54) is 23.3 Å². The van der Waals surface area contributed by atoms with E-state index in [4.69, 9.17) is 0 Å². The van der Waals surface area contributed by atoms with Crippen LogP contribution in [-0.4, -0.2) is 35.7 Å². The van der Waals surface area contributed by atoms with Crippen LogP contribution < -0.4 is 5.32 Å². The lowest BCUT2D eigenvalue weighted by molar-refractivity contribution is -0.126. The highest BCUT2D eigenvalue weighted by atomic mass is 32.2. The van der Waals surface area contributed by atoms with Crippen LogP contribution in [0.2, 0.25) is 0 Å². The number of thioether (sulfide) groups is 1. The Balaban J connectivity index is 1.60. The second-order valence-corrected chi connectivity index (χ2v) is 6.73. The summed E-state index contributed by atoms with van der Waals surface area (Å²) in [6.45, 7) is 1.83. The van der Waals surface area contributed by atoms with Gasteiger partial charge in [-0.2, -0.15) is 0 Å². The Kier molecular flexibility index (Phi) is 3.80. The lowest BCUT2D eigenvalue weighted by atomic mass is 10.2. The maximum Gasteiger partial charge on any atom is 0.235 e. The summed E-state index contributed by atoms with van der Waals surface area (Å²) in [4.78, 5) is 15.0. The van der Waals surface area contributed by atoms with Crippen LogP contribution in [0.25, 0.3) is 0 Å². The molecule has 3 nitrogen and oxygen atoms in total. The zero-order chi connectivity index (χ0) is 13.2. The first-order valence-electron chi connectivity index (χ1n) is 6.96. The van der Waals surface area contributed by atoms with Crippen molar-refractivity contribution in [2.75, 3.05) is 13.6 Å². The van der Waals surface area contributed by atoms with Gasteiger partial charge in [0.25, 0.3) is 0 Å². The number of carbonyl (C=O) groups excluding carboxylic acids is 1. The maximum atomic E-state index is 11.9. The Bertz CT molecular complexity index is 473. The van der Waals surface area contributed by atoms with Gasteiger partial charge in [-0.1, -0.05) is 12.1 Å². The molecule has 1 aliphatic carbocycles. The molecule has 1 aromatic carbocycles. The van der Waals surface area contributed by atoms with Gasteiger partial charge in [-0.25, -0.2) is 0 Å². The van der Waals surface area contributed by atoms with Gasteiger partial charge in [0.05, 0.1) is 5.25 Å². The number of nitrogens with zero attached hydrogens (tertiary/aromatic N) is 1. The van der Waals surface area contributed by atoms with E-state index in [0.29, 0.717) is 0 Å². The van der Waals surface area contributed by atoms with Crippen molar-refractivity contribution in [2.45, 2.75) is 42.0 Å². The van der Waals surface area contributed by atoms with E-state index in [2.05, 4.69) is 29.6 Å². The molecule has 2 aliphatic rings. The summed E-state index contributed by atoms with van der Waals surface area (Å²) in [5.41, 5.74) is 1.32. The highest BCUT2D eigenvalue weighted by molar-refractivity contribution is 8.00. The molecule has 1 unspecified atom stereocenters. The monoisotopic (exact) mass is 276 g/mol. The van der Waals surface area contributed by atoms with Crippen LogP contribution in [0.3, 0.4) is 0 Å². The van der Waals surface area contributed by atoms with Crippen molar-refractivity contribution < 1.29 is 4.79 Å². The fraction of sp³-hybridized carbons (Fsp3) is 0.533. The summed E-state index contributed by atoms with van der Waals surface area (Å²) in [6, 6.07) is 9.31. The minimum absolute atomic E-state index is 0.108. The number of hydrogen-bond donors (Lipinski definition) is 1. The van der Waals surface area contributed by atoms with Crippen LogP contribution in [0.1, 0.15) is 24.8 Å². The summed E-state index contributed by atoms with van der Waals surface area (Å²) in [5, 5.41) is 3.63. The predicted molar refractivity (Wildman–Crippen MR) is 78.2 cm³/mol. The zero-order valence-corrected chi connectivity index (χ0v) is 12.1. The van der Waals surface area contributed by atoms with E-state index in [1.54, 1.807) is 11.8 Å². The lowest BCUT2D eigenvalue weighted by Gasteiger charge is -2.11. The van der Waals surface area contributed by atoms with E-state index < -0.39 is 0 Å². The molecule has 19 heavy (non-hydrogen) atoms. The molecule has 102 valence electrons. The van der Waals surface area contributed by atoms with Gasteiger partial charge >= 0.3 is 0 Å². The van der Waals surface area contributed by atoms with Crippen molar-refractivity contribution in [1.82, 2.24) is 10.2 Å². The van der Waals surface area contributed by atoms with Gasteiger partial charge in [0.2, 0.25) is 5.91 Å². The second kappa shape index (κ2) is 5.55. The van der Waals surface area contributed by atoms with Gasteiger partial charge in [0.15, 0.2) is 0 Å². The third-order valence-corrected chi connectivity index (χ3v) is 4.98. The average Bonchev–Trinajstić information content (AvgIpc) is 3.20. The third kappa shape index (κ3) is 3.31. The van der Waals surface area contributed by atoms with Gasteiger partial charge in [-0.3, -0.25) is 4.79 Å². The van der Waals surface area contributed by atoms with Crippen molar-refractivity contribution in [3.63, 3.8) is 0 Å². The molecule has 0 aromatic heterocycles. The quantitative estimate of drug-likeness (QED) is 0.895. The van der Waals surface area contributed by atoms with E-state index in [9.17, 15) is 4.79 Å². The molecule has 2 fully saturated rings. The molecule has 0 spiro atoms. The van der Waals surface area contributed by atoms with Crippen LogP contribution in [-0.2, 0) is 11.3 Å². The largest absolute Gasteiger partial charge is 0.345 e. The molecular formula is C15H20N2OS. The Labute approximate surface area is 118 Å². The molecule has 0 radical (unpaired) electrons. The van der Waals surface area contributed by atoms with Crippen LogP contribution in [0.5, 0.6) is 0 Å². The SMILES string of the molecule is CN1CCC(Sc2cccc(CNC3CC3)c2)C1=O. The Morgan fingerprint density at radius 1 is 1.37 bits per heavy atom. The molecule has 0 bridgehead atoms. The van der Waals surface area contributed by atoms with Crippen molar-refractivity contribution in [1.29, 1.82) is 0 Å². The smallest absolute Gasteiger partial charge is 0.235 e. The van der Waals surface area contributed by atoms with Gasteiger partial charge in [-0.15, -0.1) is 11.8 Å². The molecule has 1 N–H and O–H groups in total. The zero-order valence-electron chi connectivity index (χ0n) is 11.3. The fourth-order valence-electron chi connectivity index (χ4n) is 2.34. The molecule has 1 atom stereocenters. The van der Waals surface area contributed by atoms with Crippen LogP contribution >= 0.6 is 11.8 Å². The van der Waals surface area contributed by atoms with E-state index in [1.807, 2.05) is 11.9 Å². The number of nitrogens with one attached hydrogen (secondary N) is 1. The number of likely N-dealkylation sites (tertiary alicyclic amines) is 1. The molecule has 1 heterocycles. The molecular weight excluding hydrogens is 256 g/mol. The van der Waals surface area contributed by atoms with E-state index in [-0.39, 0.29) is 11.2 Å². The molecule has 1 amide bonds. The highest BCUT2D eigenvalue weighted by Crippen LogP contribution is 2.30. The first-order valence-corrected chi connectivity index (χ1v) is 7.84. The number of hydrogen-bond acceptors (Lipinski definition) is 3. The normalized spacial score (nSPS) is 23.1. The highest BCUT2D eigenvalue weighted by Gasteiger charge is 2.29. The lowest BCUT2D eigenvalue weighted by Crippen LogP contribution is -2.23. The number of rotatable bonds is 5. The van der Waals surface area contributed by atoms with Gasteiger partial charge in [0, 0.05) is 31.1 Å². The minimum atomic E-state index is 0.108. The molecule has 1 saturated heterocycles. The molecule has 1 aromatic rings.